The Morgan fingerprint density at radius 2 is 2.33 bits per heavy atom. The van der Waals surface area contributed by atoms with Crippen molar-refractivity contribution in [3.63, 3.8) is 0 Å². The molecule has 12 heavy (non-hydrogen) atoms. The maximum absolute atomic E-state index is 10.8. The van der Waals surface area contributed by atoms with E-state index in [1.54, 1.807) is 0 Å². The van der Waals surface area contributed by atoms with Crippen LogP contribution in [0, 0.1) is 5.92 Å². The Morgan fingerprint density at radius 1 is 1.67 bits per heavy atom. The van der Waals surface area contributed by atoms with Crippen LogP contribution in [0.4, 0.5) is 0 Å². The average molecular weight is 191 g/mol. The van der Waals surface area contributed by atoms with Crippen LogP contribution in [0.25, 0.3) is 0 Å². The van der Waals surface area contributed by atoms with Crippen LogP contribution in [0.2, 0.25) is 0 Å². The molecule has 2 N–H and O–H groups in total. The number of aliphatic hydroxyl groups is 1. The number of carbonyl (C=O) groups is 1. The molecule has 72 valence electrons. The molecule has 0 saturated heterocycles. The molecule has 4 heteroatoms. The van der Waals surface area contributed by atoms with Gasteiger partial charge in [0, 0.05) is 13.2 Å². The molecular formula is C8H17NO2S. The lowest BCUT2D eigenvalue weighted by Gasteiger charge is -2.13. The van der Waals surface area contributed by atoms with Gasteiger partial charge < -0.3 is 10.4 Å². The van der Waals surface area contributed by atoms with Crippen LogP contribution in [0.5, 0.6) is 0 Å². The van der Waals surface area contributed by atoms with E-state index in [0.717, 1.165) is 12.8 Å². The summed E-state index contributed by atoms with van der Waals surface area (Å²) in [7, 11) is 0. The van der Waals surface area contributed by atoms with Gasteiger partial charge in [0.25, 0.3) is 0 Å². The predicted octanol–water partition coefficient (Wildman–Crippen LogP) is 0.441. The third-order valence-electron chi connectivity index (χ3n) is 1.85. The number of rotatable bonds is 6. The summed E-state index contributed by atoms with van der Waals surface area (Å²) in [6, 6.07) is 0. The highest BCUT2D eigenvalue weighted by atomic mass is 32.1. The first kappa shape index (κ1) is 11.8. The zero-order valence-corrected chi connectivity index (χ0v) is 8.31. The van der Waals surface area contributed by atoms with Gasteiger partial charge in [0.1, 0.15) is 0 Å². The van der Waals surface area contributed by atoms with E-state index in [-0.39, 0.29) is 18.3 Å². The van der Waals surface area contributed by atoms with Crippen molar-refractivity contribution in [3.05, 3.63) is 0 Å². The summed E-state index contributed by atoms with van der Waals surface area (Å²) in [4.78, 5) is 10.8. The number of nitrogens with one attached hydrogen (secondary N) is 1. The fourth-order valence-electron chi connectivity index (χ4n) is 0.947. The Morgan fingerprint density at radius 3 is 2.75 bits per heavy atom. The molecule has 1 amide bonds. The number of amides is 1. The molecule has 0 aliphatic carbocycles. The van der Waals surface area contributed by atoms with Crippen molar-refractivity contribution in [1.82, 2.24) is 5.32 Å². The van der Waals surface area contributed by atoms with Gasteiger partial charge in [0.15, 0.2) is 0 Å². The number of aliphatic hydroxyl groups excluding tert-OH is 1. The predicted molar refractivity (Wildman–Crippen MR) is 52.3 cm³/mol. The monoisotopic (exact) mass is 191 g/mol. The molecule has 1 atom stereocenters. The minimum atomic E-state index is -0.0466. The van der Waals surface area contributed by atoms with Crippen molar-refractivity contribution < 1.29 is 9.90 Å². The lowest BCUT2D eigenvalue weighted by molar-refractivity contribution is -0.118. The topological polar surface area (TPSA) is 49.3 Å². The van der Waals surface area contributed by atoms with Crippen molar-refractivity contribution in [2.24, 2.45) is 5.92 Å². The third-order valence-corrected chi connectivity index (χ3v) is 2.13. The minimum absolute atomic E-state index is 0.0466. The second-order valence-electron chi connectivity index (χ2n) is 2.75. The maximum atomic E-state index is 10.8. The number of thiol groups is 1. The molecule has 0 aromatic carbocycles. The third kappa shape index (κ3) is 5.43. The summed E-state index contributed by atoms with van der Waals surface area (Å²) in [5.74, 6) is 0.573. The van der Waals surface area contributed by atoms with E-state index in [1.807, 2.05) is 6.92 Å². The van der Waals surface area contributed by atoms with Gasteiger partial charge in [-0.1, -0.05) is 13.3 Å². The van der Waals surface area contributed by atoms with Gasteiger partial charge in [-0.15, -0.1) is 0 Å². The number of hydrogen-bond donors (Lipinski definition) is 3. The van der Waals surface area contributed by atoms with Gasteiger partial charge in [-0.25, -0.2) is 0 Å². The molecule has 0 aromatic rings. The second-order valence-corrected chi connectivity index (χ2v) is 3.06. The van der Waals surface area contributed by atoms with Crippen LogP contribution in [0.15, 0.2) is 0 Å². The zero-order chi connectivity index (χ0) is 9.40. The van der Waals surface area contributed by atoms with Gasteiger partial charge in [-0.2, -0.15) is 12.6 Å². The highest BCUT2D eigenvalue weighted by molar-refractivity contribution is 7.81. The fourth-order valence-corrected chi connectivity index (χ4v) is 1.06. The first-order valence-corrected chi connectivity index (χ1v) is 4.86. The van der Waals surface area contributed by atoms with Gasteiger partial charge in [-0.05, 0) is 12.3 Å². The average Bonchev–Trinajstić information content (AvgIpc) is 2.11. The molecule has 0 rings (SSSR count). The van der Waals surface area contributed by atoms with Crippen LogP contribution in [0.3, 0.4) is 0 Å². The van der Waals surface area contributed by atoms with Crippen molar-refractivity contribution in [2.45, 2.75) is 19.8 Å². The lowest BCUT2D eigenvalue weighted by atomic mass is 10.0. The standard InChI is InChI=1S/C8H17NO2S/c1-2-7(3-4-10)5-9-8(11)6-12/h7,10,12H,2-6H2,1H3,(H,9,11). The molecule has 0 aliphatic heterocycles. The van der Waals surface area contributed by atoms with Gasteiger partial charge >= 0.3 is 0 Å². The van der Waals surface area contributed by atoms with Gasteiger partial charge in [0.2, 0.25) is 5.91 Å². The zero-order valence-electron chi connectivity index (χ0n) is 7.42. The van der Waals surface area contributed by atoms with E-state index in [1.165, 1.54) is 0 Å². The van der Waals surface area contributed by atoms with E-state index in [9.17, 15) is 4.79 Å². The molecule has 0 spiro atoms. The largest absolute Gasteiger partial charge is 0.396 e. The SMILES string of the molecule is CCC(CCO)CNC(=O)CS. The normalized spacial score (nSPS) is 12.6. The maximum Gasteiger partial charge on any atom is 0.229 e. The Labute approximate surface area is 79.0 Å². The van der Waals surface area contributed by atoms with Crippen molar-refractivity contribution >= 4 is 18.5 Å². The molecular weight excluding hydrogens is 174 g/mol. The second kappa shape index (κ2) is 7.43. The summed E-state index contributed by atoms with van der Waals surface area (Å²) in [5, 5.41) is 11.4. The van der Waals surface area contributed by atoms with Crippen LogP contribution in [0.1, 0.15) is 19.8 Å². The van der Waals surface area contributed by atoms with Gasteiger partial charge in [0.05, 0.1) is 5.75 Å². The summed E-state index contributed by atoms with van der Waals surface area (Å²) in [5.41, 5.74) is 0. The number of carbonyl (C=O) groups excluding carboxylic acids is 1. The summed E-state index contributed by atoms with van der Waals surface area (Å²) >= 11 is 3.84. The molecule has 0 aromatic heterocycles. The smallest absolute Gasteiger partial charge is 0.229 e. The molecule has 3 nitrogen and oxygen atoms in total. The first-order valence-electron chi connectivity index (χ1n) is 4.23. The summed E-state index contributed by atoms with van der Waals surface area (Å²) < 4.78 is 0. The van der Waals surface area contributed by atoms with Gasteiger partial charge in [-0.3, -0.25) is 4.79 Å². The molecule has 0 aliphatic rings. The number of hydrogen-bond acceptors (Lipinski definition) is 3. The van der Waals surface area contributed by atoms with E-state index in [2.05, 4.69) is 17.9 Å². The Kier molecular flexibility index (Phi) is 7.29. The van der Waals surface area contributed by atoms with Crippen LogP contribution < -0.4 is 5.32 Å². The Bertz CT molecular complexity index is 130. The molecule has 0 saturated carbocycles. The van der Waals surface area contributed by atoms with Crippen molar-refractivity contribution in [2.75, 3.05) is 18.9 Å². The molecule has 0 bridgehead atoms. The van der Waals surface area contributed by atoms with Crippen LogP contribution in [-0.2, 0) is 4.79 Å². The summed E-state index contributed by atoms with van der Waals surface area (Å²) in [6.07, 6.45) is 1.73. The Balaban J connectivity index is 3.50. The van der Waals surface area contributed by atoms with Crippen molar-refractivity contribution in [3.8, 4) is 0 Å². The fraction of sp³-hybridized carbons (Fsp3) is 0.875. The first-order chi connectivity index (χ1) is 5.74. The van der Waals surface area contributed by atoms with Crippen molar-refractivity contribution in [1.29, 1.82) is 0 Å². The molecule has 1 unspecified atom stereocenters. The van der Waals surface area contributed by atoms with E-state index < -0.39 is 0 Å². The van der Waals surface area contributed by atoms with E-state index in [4.69, 9.17) is 5.11 Å². The van der Waals surface area contributed by atoms with E-state index in [0.29, 0.717) is 12.5 Å². The molecule has 0 fully saturated rings. The Hall–Kier alpha value is -0.220. The van der Waals surface area contributed by atoms with Crippen LogP contribution in [-0.4, -0.2) is 29.9 Å². The minimum Gasteiger partial charge on any atom is -0.396 e. The highest BCUT2D eigenvalue weighted by Gasteiger charge is 2.06. The van der Waals surface area contributed by atoms with E-state index >= 15 is 0 Å². The van der Waals surface area contributed by atoms with Crippen LogP contribution >= 0.6 is 12.6 Å². The lowest BCUT2D eigenvalue weighted by Crippen LogP contribution is -2.30. The molecule has 0 radical (unpaired) electrons. The summed E-state index contributed by atoms with van der Waals surface area (Å²) in [6.45, 7) is 2.89. The quantitative estimate of drug-likeness (QED) is 0.534. The highest BCUT2D eigenvalue weighted by Crippen LogP contribution is 2.05. The molecule has 0 heterocycles.